The number of allylic oxidation sites excluding steroid dienone is 14. The molecule has 0 bridgehead atoms. The van der Waals surface area contributed by atoms with Crippen molar-refractivity contribution in [3.8, 4) is 0 Å². The molecule has 0 saturated heterocycles. The number of hydrogen-bond acceptors (Lipinski definition) is 7. The van der Waals surface area contributed by atoms with Crippen molar-refractivity contribution in [1.82, 2.24) is 0 Å². The Morgan fingerprint density at radius 2 is 0.791 bits per heavy atom. The maximum absolute atomic E-state index is 12.8. The molecule has 2 atom stereocenters. The number of hydrogen-bond donors (Lipinski definition) is 0. The monoisotopic (exact) mass is 936 g/mol. The number of carboxylic acids is 1. The topological polar surface area (TPSA) is 102 Å². The van der Waals surface area contributed by atoms with Crippen LogP contribution in [0.5, 0.6) is 0 Å². The Morgan fingerprint density at radius 1 is 0.448 bits per heavy atom. The summed E-state index contributed by atoms with van der Waals surface area (Å²) in [5, 5.41) is 11.7. The Kier molecular flexibility index (Phi) is 46.4. The van der Waals surface area contributed by atoms with Crippen molar-refractivity contribution < 1.29 is 38.2 Å². The van der Waals surface area contributed by atoms with Crippen LogP contribution in [0.1, 0.15) is 219 Å². The fourth-order valence-corrected chi connectivity index (χ4v) is 7.53. The van der Waals surface area contributed by atoms with Gasteiger partial charge in [0, 0.05) is 19.3 Å². The van der Waals surface area contributed by atoms with Crippen molar-refractivity contribution in [3.05, 3.63) is 85.1 Å². The van der Waals surface area contributed by atoms with Gasteiger partial charge in [0.25, 0.3) is 0 Å². The number of quaternary nitrogens is 1. The molecule has 0 aromatic carbocycles. The quantitative estimate of drug-likeness (QED) is 0.0259. The van der Waals surface area contributed by atoms with Crippen LogP contribution >= 0.6 is 0 Å². The molecule has 2 unspecified atom stereocenters. The van der Waals surface area contributed by atoms with Gasteiger partial charge in [-0.25, -0.2) is 0 Å². The van der Waals surface area contributed by atoms with E-state index in [1.54, 1.807) is 21.1 Å². The first kappa shape index (κ1) is 63.5. The van der Waals surface area contributed by atoms with Gasteiger partial charge < -0.3 is 28.6 Å². The van der Waals surface area contributed by atoms with Crippen molar-refractivity contribution in [2.24, 2.45) is 0 Å². The summed E-state index contributed by atoms with van der Waals surface area (Å²) in [6.07, 6.45) is 64.6. The van der Waals surface area contributed by atoms with Crippen molar-refractivity contribution in [2.45, 2.75) is 231 Å². The van der Waals surface area contributed by atoms with Gasteiger partial charge in [0.1, 0.15) is 12.6 Å². The lowest BCUT2D eigenvalue weighted by Crippen LogP contribution is -2.55. The molecule has 67 heavy (non-hydrogen) atoms. The number of rotatable bonds is 48. The van der Waals surface area contributed by atoms with Gasteiger partial charge in [-0.05, 0) is 96.3 Å². The highest BCUT2D eigenvalue weighted by atomic mass is 16.6. The van der Waals surface area contributed by atoms with E-state index in [0.717, 1.165) is 96.3 Å². The minimum Gasteiger partial charge on any atom is -0.544 e. The second kappa shape index (κ2) is 48.9. The van der Waals surface area contributed by atoms with Gasteiger partial charge in [0.2, 0.25) is 0 Å². The third-order valence-corrected chi connectivity index (χ3v) is 11.8. The largest absolute Gasteiger partial charge is 0.544 e. The summed E-state index contributed by atoms with van der Waals surface area (Å²) in [5.74, 6) is -1.77. The number of carbonyl (C=O) groups excluding carboxylic acids is 3. The van der Waals surface area contributed by atoms with Gasteiger partial charge in [0.15, 0.2) is 6.10 Å². The zero-order valence-electron chi connectivity index (χ0n) is 43.8. The van der Waals surface area contributed by atoms with E-state index in [2.05, 4.69) is 98.9 Å². The molecule has 384 valence electrons. The van der Waals surface area contributed by atoms with Gasteiger partial charge in [-0.15, -0.1) is 0 Å². The van der Waals surface area contributed by atoms with E-state index >= 15 is 0 Å². The normalized spacial score (nSPS) is 13.5. The highest BCUT2D eigenvalue weighted by molar-refractivity contribution is 5.70. The zero-order valence-corrected chi connectivity index (χ0v) is 43.8. The Morgan fingerprint density at radius 3 is 1.16 bits per heavy atom. The summed E-state index contributed by atoms with van der Waals surface area (Å²) < 4.78 is 17.2. The van der Waals surface area contributed by atoms with Crippen molar-refractivity contribution in [1.29, 1.82) is 0 Å². The molecule has 0 aliphatic heterocycles. The van der Waals surface area contributed by atoms with E-state index in [1.807, 2.05) is 0 Å². The third kappa shape index (κ3) is 47.4. The van der Waals surface area contributed by atoms with Crippen LogP contribution in [0.25, 0.3) is 0 Å². The Hall–Kier alpha value is -3.49. The van der Waals surface area contributed by atoms with Gasteiger partial charge in [-0.2, -0.15) is 0 Å². The minimum absolute atomic E-state index is 0.0281. The summed E-state index contributed by atoms with van der Waals surface area (Å²) in [5.41, 5.74) is 0. The van der Waals surface area contributed by atoms with Gasteiger partial charge in [0.05, 0.1) is 40.3 Å². The molecule has 0 aliphatic rings. The van der Waals surface area contributed by atoms with Crippen molar-refractivity contribution in [2.75, 3.05) is 41.0 Å². The summed E-state index contributed by atoms with van der Waals surface area (Å²) >= 11 is 0. The van der Waals surface area contributed by atoms with Crippen LogP contribution in [-0.2, 0) is 28.6 Å². The molecule has 0 N–H and O–H groups in total. The summed E-state index contributed by atoms with van der Waals surface area (Å²) in [6.45, 7) is 4.59. The number of unbranched alkanes of at least 4 members (excludes halogenated alkanes) is 20. The Bertz CT molecular complexity index is 1370. The van der Waals surface area contributed by atoms with Crippen molar-refractivity contribution >= 4 is 17.9 Å². The summed E-state index contributed by atoms with van der Waals surface area (Å²) in [7, 11) is 5.41. The van der Waals surface area contributed by atoms with Crippen LogP contribution in [0.3, 0.4) is 0 Å². The van der Waals surface area contributed by atoms with Gasteiger partial charge in [-0.3, -0.25) is 9.59 Å². The number of esters is 2. The molecular weight excluding hydrogens is 835 g/mol. The van der Waals surface area contributed by atoms with E-state index in [0.29, 0.717) is 12.8 Å². The van der Waals surface area contributed by atoms with Crippen molar-refractivity contribution in [3.63, 3.8) is 0 Å². The molecular formula is C59H101NO7. The highest BCUT2D eigenvalue weighted by Gasteiger charge is 2.25. The van der Waals surface area contributed by atoms with E-state index in [-0.39, 0.29) is 42.7 Å². The highest BCUT2D eigenvalue weighted by Crippen LogP contribution is 2.14. The summed E-state index contributed by atoms with van der Waals surface area (Å²) in [4.78, 5) is 37.1. The molecule has 0 aromatic heterocycles. The molecule has 0 fully saturated rings. The van der Waals surface area contributed by atoms with E-state index in [1.165, 1.54) is 89.9 Å². The van der Waals surface area contributed by atoms with Crippen LogP contribution < -0.4 is 5.11 Å². The molecule has 0 aromatic rings. The first-order chi connectivity index (χ1) is 32.6. The molecule has 8 heteroatoms. The number of ether oxygens (including phenoxy) is 3. The number of likely N-dealkylation sites (N-methyl/N-ethyl adjacent to an activating group) is 1. The second-order valence-corrected chi connectivity index (χ2v) is 19.1. The average Bonchev–Trinajstić information content (AvgIpc) is 3.29. The molecule has 0 radical (unpaired) electrons. The van der Waals surface area contributed by atoms with E-state index in [4.69, 9.17) is 14.2 Å². The standard InChI is InChI=1S/C59H101NO7/c1-6-8-10-12-14-16-18-20-22-24-26-28-30-32-34-36-38-40-42-44-46-48-50-58(62)67-55(53-65-52-51-56(59(63)64)60(3,4)5)54-66-57(61)49-47-45-43-41-39-37-35-33-31-29-27-25-23-21-19-17-15-13-11-9-7-2/h14-17,20-23,26-29,33,35,55-56H,6-13,18-19,24-25,30-32,34,36-54H2,1-5H3/b16-14+,17-15+,22-20+,23-21+,28-26+,29-27+,35-33+. The average molecular weight is 936 g/mol. The number of carboxylic acid groups (broad SMARTS) is 1. The SMILES string of the molecule is CCCCC/C=C/C/C=C/C/C=C/C/C=C/CCCCCCCC(=O)OCC(COCCC(C(=O)[O-])[N+](C)(C)C)OC(=O)CCCCCCCCCCC/C=C/C/C=C/C/C=C/CCCCC. The molecule has 0 heterocycles. The van der Waals surface area contributed by atoms with Crippen LogP contribution in [0.2, 0.25) is 0 Å². The predicted molar refractivity (Wildman–Crippen MR) is 282 cm³/mol. The second-order valence-electron chi connectivity index (χ2n) is 19.1. The number of aliphatic carboxylic acids is 1. The van der Waals surface area contributed by atoms with Crippen LogP contribution in [0.15, 0.2) is 85.1 Å². The first-order valence-corrected chi connectivity index (χ1v) is 27.1. The smallest absolute Gasteiger partial charge is 0.306 e. The first-order valence-electron chi connectivity index (χ1n) is 27.1. The fraction of sp³-hybridized carbons (Fsp3) is 0.712. The molecule has 0 amide bonds. The van der Waals surface area contributed by atoms with Gasteiger partial charge in [-0.1, -0.05) is 189 Å². The van der Waals surface area contributed by atoms with E-state index < -0.39 is 18.1 Å². The van der Waals surface area contributed by atoms with Crippen LogP contribution in [0.4, 0.5) is 0 Å². The number of carbonyl (C=O) groups is 3. The lowest BCUT2D eigenvalue weighted by molar-refractivity contribution is -0.889. The maximum atomic E-state index is 12.8. The lowest BCUT2D eigenvalue weighted by Gasteiger charge is -2.34. The number of nitrogens with zero attached hydrogens (tertiary/aromatic N) is 1. The molecule has 0 aliphatic carbocycles. The van der Waals surface area contributed by atoms with Gasteiger partial charge >= 0.3 is 11.9 Å². The Balaban J connectivity index is 4.29. The molecule has 0 rings (SSSR count). The molecule has 0 saturated carbocycles. The molecule has 0 spiro atoms. The fourth-order valence-electron chi connectivity index (χ4n) is 7.53. The van der Waals surface area contributed by atoms with Crippen LogP contribution in [0, 0.1) is 0 Å². The Labute approximate surface area is 412 Å². The third-order valence-electron chi connectivity index (χ3n) is 11.8. The lowest BCUT2D eigenvalue weighted by atomic mass is 10.1. The van der Waals surface area contributed by atoms with E-state index in [9.17, 15) is 19.5 Å². The van der Waals surface area contributed by atoms with Crippen LogP contribution in [-0.4, -0.2) is 75.5 Å². The molecule has 8 nitrogen and oxygen atoms in total. The zero-order chi connectivity index (χ0) is 49.2. The minimum atomic E-state index is -1.13. The predicted octanol–water partition coefficient (Wildman–Crippen LogP) is 14.7. The maximum Gasteiger partial charge on any atom is 0.306 e. The summed E-state index contributed by atoms with van der Waals surface area (Å²) in [6, 6.07) is -0.735.